The second-order valence-electron chi connectivity index (χ2n) is 7.28. The smallest absolute Gasteiger partial charge is 0.137 e. The molecular formula is C18H23F2N5. The van der Waals surface area contributed by atoms with Crippen LogP contribution in [0.4, 0.5) is 8.78 Å². The van der Waals surface area contributed by atoms with Gasteiger partial charge in [0.1, 0.15) is 24.6 Å². The summed E-state index contributed by atoms with van der Waals surface area (Å²) in [6.07, 6.45) is 4.56. The molecule has 134 valence electrons. The maximum Gasteiger partial charge on any atom is 0.137 e. The van der Waals surface area contributed by atoms with Crippen LogP contribution in [0.5, 0.6) is 0 Å². The average molecular weight is 347 g/mol. The van der Waals surface area contributed by atoms with Crippen molar-refractivity contribution in [1.82, 2.24) is 19.7 Å². The number of nitrogens with two attached hydrogens (primary N) is 1. The average Bonchev–Trinajstić information content (AvgIpc) is 3.24. The molecule has 0 spiro atoms. The third kappa shape index (κ3) is 3.43. The molecule has 5 atom stereocenters. The van der Waals surface area contributed by atoms with Gasteiger partial charge in [0.25, 0.3) is 0 Å². The fourth-order valence-corrected chi connectivity index (χ4v) is 4.44. The first kappa shape index (κ1) is 16.6. The molecule has 4 rings (SSSR count). The second-order valence-corrected chi connectivity index (χ2v) is 7.28. The summed E-state index contributed by atoms with van der Waals surface area (Å²) >= 11 is 0. The van der Waals surface area contributed by atoms with Crippen molar-refractivity contribution < 1.29 is 8.78 Å². The monoisotopic (exact) mass is 347 g/mol. The Labute approximate surface area is 145 Å². The Hall–Kier alpha value is -1.86. The third-order valence-electron chi connectivity index (χ3n) is 5.54. The number of benzene rings is 1. The standard InChI is InChI=1S/C18H23F2N5/c19-14-3-1-12(2-4-14)13-5-17(18(6-13)25-11-22-10-23-25)24-8-15(20)7-16(21)9-24/h1-4,10-11,13,15-18H,5-9,21H2/t13?,15?,16?,17-,18+/m1/s1. The van der Waals surface area contributed by atoms with Crippen LogP contribution in [-0.2, 0) is 0 Å². The minimum atomic E-state index is -0.884. The lowest BCUT2D eigenvalue weighted by molar-refractivity contribution is 0.0690. The van der Waals surface area contributed by atoms with Crippen molar-refractivity contribution in [3.8, 4) is 0 Å². The third-order valence-corrected chi connectivity index (χ3v) is 5.54. The molecule has 2 aromatic rings. The van der Waals surface area contributed by atoms with Crippen molar-refractivity contribution in [2.24, 2.45) is 5.73 Å². The number of hydrogen-bond donors (Lipinski definition) is 1. The summed E-state index contributed by atoms with van der Waals surface area (Å²) in [5.41, 5.74) is 7.17. The molecule has 1 aliphatic heterocycles. The summed E-state index contributed by atoms with van der Waals surface area (Å²) in [4.78, 5) is 6.25. The lowest BCUT2D eigenvalue weighted by Crippen LogP contribution is -2.53. The van der Waals surface area contributed by atoms with Crippen LogP contribution >= 0.6 is 0 Å². The highest BCUT2D eigenvalue weighted by Crippen LogP contribution is 2.43. The molecule has 3 unspecified atom stereocenters. The van der Waals surface area contributed by atoms with Gasteiger partial charge in [0.2, 0.25) is 0 Å². The molecule has 2 fully saturated rings. The van der Waals surface area contributed by atoms with Crippen LogP contribution in [-0.4, -0.2) is 51.0 Å². The Kier molecular flexibility index (Phi) is 4.52. The molecule has 7 heteroatoms. The van der Waals surface area contributed by atoms with Gasteiger partial charge >= 0.3 is 0 Å². The molecule has 1 aliphatic carbocycles. The number of hydrogen-bond acceptors (Lipinski definition) is 4. The largest absolute Gasteiger partial charge is 0.326 e. The van der Waals surface area contributed by atoms with E-state index in [4.69, 9.17) is 5.73 Å². The number of halogens is 2. The van der Waals surface area contributed by atoms with Crippen LogP contribution in [0.2, 0.25) is 0 Å². The van der Waals surface area contributed by atoms with Crippen LogP contribution in [0.1, 0.15) is 36.8 Å². The van der Waals surface area contributed by atoms with E-state index in [0.717, 1.165) is 18.4 Å². The Bertz CT molecular complexity index is 680. The maximum absolute atomic E-state index is 14.1. The lowest BCUT2D eigenvalue weighted by atomic mass is 9.96. The molecule has 0 bridgehead atoms. The molecule has 1 saturated carbocycles. The van der Waals surface area contributed by atoms with Gasteiger partial charge in [-0.05, 0) is 42.9 Å². The van der Waals surface area contributed by atoms with Crippen LogP contribution in [0.15, 0.2) is 36.9 Å². The first-order valence-electron chi connectivity index (χ1n) is 8.83. The highest BCUT2D eigenvalue weighted by Gasteiger charge is 2.42. The van der Waals surface area contributed by atoms with Gasteiger partial charge in [-0.1, -0.05) is 12.1 Å². The molecule has 1 saturated heterocycles. The molecule has 1 aromatic heterocycles. The van der Waals surface area contributed by atoms with Crippen molar-refractivity contribution in [2.45, 2.75) is 49.5 Å². The summed E-state index contributed by atoms with van der Waals surface area (Å²) in [6.45, 7) is 1.12. The van der Waals surface area contributed by atoms with E-state index in [-0.39, 0.29) is 29.9 Å². The number of nitrogens with zero attached hydrogens (tertiary/aromatic N) is 4. The minimum absolute atomic E-state index is 0.120. The van der Waals surface area contributed by atoms with E-state index in [1.165, 1.54) is 18.5 Å². The minimum Gasteiger partial charge on any atom is -0.326 e. The Morgan fingerprint density at radius 1 is 1.04 bits per heavy atom. The number of rotatable bonds is 3. The first-order chi connectivity index (χ1) is 12.1. The Morgan fingerprint density at radius 2 is 1.80 bits per heavy atom. The Balaban J connectivity index is 1.59. The molecule has 2 aliphatic rings. The molecular weight excluding hydrogens is 324 g/mol. The van der Waals surface area contributed by atoms with Crippen molar-refractivity contribution >= 4 is 0 Å². The highest BCUT2D eigenvalue weighted by atomic mass is 19.1. The summed E-state index contributed by atoms with van der Waals surface area (Å²) < 4.78 is 29.2. The van der Waals surface area contributed by atoms with Crippen LogP contribution in [0, 0.1) is 5.82 Å². The van der Waals surface area contributed by atoms with Gasteiger partial charge in [0.15, 0.2) is 0 Å². The lowest BCUT2D eigenvalue weighted by Gasteiger charge is -2.39. The van der Waals surface area contributed by atoms with E-state index < -0.39 is 6.17 Å². The fourth-order valence-electron chi connectivity index (χ4n) is 4.44. The zero-order valence-corrected chi connectivity index (χ0v) is 14.0. The summed E-state index contributed by atoms with van der Waals surface area (Å²) in [5, 5.41) is 4.32. The van der Waals surface area contributed by atoms with Gasteiger partial charge in [0.05, 0.1) is 6.04 Å². The summed E-state index contributed by atoms with van der Waals surface area (Å²) in [6, 6.07) is 6.84. The van der Waals surface area contributed by atoms with E-state index in [1.54, 1.807) is 6.33 Å². The predicted octanol–water partition coefficient (Wildman–Crippen LogP) is 2.28. The molecule has 0 radical (unpaired) electrons. The van der Waals surface area contributed by atoms with Gasteiger partial charge in [-0.3, -0.25) is 4.90 Å². The number of alkyl halides is 1. The van der Waals surface area contributed by atoms with E-state index in [1.807, 2.05) is 16.8 Å². The molecule has 1 aromatic carbocycles. The highest BCUT2D eigenvalue weighted by molar-refractivity contribution is 5.23. The van der Waals surface area contributed by atoms with Crippen molar-refractivity contribution in [2.75, 3.05) is 13.1 Å². The first-order valence-corrected chi connectivity index (χ1v) is 8.83. The quantitative estimate of drug-likeness (QED) is 0.925. The van der Waals surface area contributed by atoms with Gasteiger partial charge in [-0.2, -0.15) is 5.10 Å². The van der Waals surface area contributed by atoms with Crippen molar-refractivity contribution in [3.63, 3.8) is 0 Å². The zero-order chi connectivity index (χ0) is 17.4. The SMILES string of the molecule is NC1CC(F)CN([C@@H]2CC(c3ccc(F)cc3)C[C@@H]2n2cncn2)C1. The summed E-state index contributed by atoms with van der Waals surface area (Å²) in [5.74, 6) is 0.0596. The molecule has 5 nitrogen and oxygen atoms in total. The van der Waals surface area contributed by atoms with Crippen LogP contribution < -0.4 is 5.73 Å². The van der Waals surface area contributed by atoms with Crippen molar-refractivity contribution in [1.29, 1.82) is 0 Å². The fraction of sp³-hybridized carbons (Fsp3) is 0.556. The predicted molar refractivity (Wildman–Crippen MR) is 90.3 cm³/mol. The topological polar surface area (TPSA) is 60.0 Å². The molecule has 2 heterocycles. The van der Waals surface area contributed by atoms with Gasteiger partial charge in [-0.25, -0.2) is 18.4 Å². The van der Waals surface area contributed by atoms with E-state index >= 15 is 0 Å². The van der Waals surface area contributed by atoms with Gasteiger partial charge in [0, 0.05) is 25.2 Å². The summed E-state index contributed by atoms with van der Waals surface area (Å²) in [7, 11) is 0. The van der Waals surface area contributed by atoms with Gasteiger partial charge in [-0.15, -0.1) is 0 Å². The maximum atomic E-state index is 14.1. The van der Waals surface area contributed by atoms with E-state index in [0.29, 0.717) is 19.5 Å². The molecule has 25 heavy (non-hydrogen) atoms. The van der Waals surface area contributed by atoms with Crippen LogP contribution in [0.3, 0.4) is 0 Å². The Morgan fingerprint density at radius 3 is 2.48 bits per heavy atom. The van der Waals surface area contributed by atoms with E-state index in [2.05, 4.69) is 15.0 Å². The number of likely N-dealkylation sites (tertiary alicyclic amines) is 1. The number of aromatic nitrogens is 3. The van der Waals surface area contributed by atoms with Crippen molar-refractivity contribution in [3.05, 3.63) is 48.3 Å². The molecule has 2 N–H and O–H groups in total. The molecule has 0 amide bonds. The van der Waals surface area contributed by atoms with Crippen LogP contribution in [0.25, 0.3) is 0 Å². The van der Waals surface area contributed by atoms with E-state index in [9.17, 15) is 8.78 Å². The second kappa shape index (κ2) is 6.80. The van der Waals surface area contributed by atoms with Gasteiger partial charge < -0.3 is 5.73 Å². The normalized spacial score (nSPS) is 33.6. The zero-order valence-electron chi connectivity index (χ0n) is 14.0. The number of piperidine rings is 1.